The Labute approximate surface area is 91.9 Å². The van der Waals surface area contributed by atoms with Crippen molar-refractivity contribution in [2.24, 2.45) is 5.73 Å². The lowest BCUT2D eigenvalue weighted by Crippen LogP contribution is -2.18. The molecule has 0 aliphatic rings. The molecule has 0 fully saturated rings. The highest BCUT2D eigenvalue weighted by Crippen LogP contribution is 2.16. The average Bonchev–Trinajstić information content (AvgIpc) is 2.65. The van der Waals surface area contributed by atoms with Crippen LogP contribution in [0.25, 0.3) is 11.4 Å². The van der Waals surface area contributed by atoms with Crippen LogP contribution in [0.5, 0.6) is 0 Å². The summed E-state index contributed by atoms with van der Waals surface area (Å²) >= 11 is 0. The van der Waals surface area contributed by atoms with Gasteiger partial charge in [-0.15, -0.1) is 0 Å². The lowest BCUT2D eigenvalue weighted by Gasteiger charge is -1.97. The van der Waals surface area contributed by atoms with Gasteiger partial charge in [0.25, 0.3) is 0 Å². The molecule has 0 spiro atoms. The molecule has 1 heterocycles. The van der Waals surface area contributed by atoms with Gasteiger partial charge in [0.05, 0.1) is 0 Å². The minimum atomic E-state index is -0.455. The number of carbonyl (C=O) groups excluding carboxylic acids is 1. The highest BCUT2D eigenvalue weighted by molar-refractivity contribution is 5.73. The summed E-state index contributed by atoms with van der Waals surface area (Å²) in [6.45, 7) is 0.0231. The van der Waals surface area contributed by atoms with Crippen molar-refractivity contribution in [2.45, 2.75) is 6.54 Å². The zero-order valence-corrected chi connectivity index (χ0v) is 8.50. The minimum Gasteiger partial charge on any atom is -0.399 e. The van der Waals surface area contributed by atoms with Crippen LogP contribution in [0.15, 0.2) is 30.6 Å². The summed E-state index contributed by atoms with van der Waals surface area (Å²) in [5.74, 6) is 0.0672. The van der Waals surface area contributed by atoms with Crippen LogP contribution in [-0.4, -0.2) is 20.7 Å². The molecule has 0 aliphatic heterocycles. The van der Waals surface area contributed by atoms with Crippen LogP contribution in [0.2, 0.25) is 0 Å². The third-order valence-corrected chi connectivity index (χ3v) is 2.00. The Bertz CT molecular complexity index is 519. The van der Waals surface area contributed by atoms with Gasteiger partial charge in [0.1, 0.15) is 12.9 Å². The summed E-state index contributed by atoms with van der Waals surface area (Å²) in [5, 5.41) is 4.11. The Morgan fingerprint density at radius 3 is 2.94 bits per heavy atom. The zero-order valence-electron chi connectivity index (χ0n) is 8.50. The fourth-order valence-corrected chi connectivity index (χ4v) is 1.34. The number of amides is 1. The molecule has 16 heavy (non-hydrogen) atoms. The van der Waals surface area contributed by atoms with Crippen LogP contribution in [0.1, 0.15) is 0 Å². The minimum absolute atomic E-state index is 0.0231. The monoisotopic (exact) mass is 217 g/mol. The van der Waals surface area contributed by atoms with Gasteiger partial charge in [-0.25, -0.2) is 9.67 Å². The molecule has 2 rings (SSSR count). The van der Waals surface area contributed by atoms with E-state index < -0.39 is 5.91 Å². The van der Waals surface area contributed by atoms with Crippen LogP contribution in [-0.2, 0) is 11.3 Å². The zero-order chi connectivity index (χ0) is 11.5. The summed E-state index contributed by atoms with van der Waals surface area (Å²) in [6.07, 6.45) is 1.46. The molecule has 0 unspecified atom stereocenters. The van der Waals surface area contributed by atoms with Crippen LogP contribution < -0.4 is 11.5 Å². The maximum Gasteiger partial charge on any atom is 0.239 e. The first-order valence-electron chi connectivity index (χ1n) is 4.69. The predicted molar refractivity (Wildman–Crippen MR) is 59.1 cm³/mol. The SMILES string of the molecule is NC(=O)Cn1cnc(-c2cccc(N)c2)n1. The normalized spacial score (nSPS) is 10.2. The number of aromatic nitrogens is 3. The van der Waals surface area contributed by atoms with E-state index in [0.717, 1.165) is 5.56 Å². The van der Waals surface area contributed by atoms with Crippen molar-refractivity contribution in [1.29, 1.82) is 0 Å². The Balaban J connectivity index is 2.28. The standard InChI is InChI=1S/C10H11N5O/c11-8-3-1-2-7(4-8)10-13-6-15(14-10)5-9(12)16/h1-4,6H,5,11H2,(H2,12,16). The van der Waals surface area contributed by atoms with Gasteiger partial charge in [-0.3, -0.25) is 4.79 Å². The van der Waals surface area contributed by atoms with Gasteiger partial charge in [0.2, 0.25) is 5.91 Å². The van der Waals surface area contributed by atoms with Gasteiger partial charge < -0.3 is 11.5 Å². The molecule has 1 aromatic heterocycles. The Kier molecular flexibility index (Phi) is 2.55. The molecule has 0 aliphatic carbocycles. The van der Waals surface area contributed by atoms with Gasteiger partial charge in [0, 0.05) is 11.3 Å². The second kappa shape index (κ2) is 4.01. The summed E-state index contributed by atoms with van der Waals surface area (Å²) in [4.78, 5) is 14.8. The number of benzene rings is 1. The van der Waals surface area contributed by atoms with Gasteiger partial charge >= 0.3 is 0 Å². The highest BCUT2D eigenvalue weighted by atomic mass is 16.1. The number of primary amides is 1. The van der Waals surface area contributed by atoms with Gasteiger partial charge in [-0.05, 0) is 12.1 Å². The first-order valence-corrected chi connectivity index (χ1v) is 4.69. The molecule has 1 amide bonds. The maximum absolute atomic E-state index is 10.7. The molecular formula is C10H11N5O. The van der Waals surface area contributed by atoms with Crippen LogP contribution in [0, 0.1) is 0 Å². The van der Waals surface area contributed by atoms with Gasteiger partial charge in [-0.1, -0.05) is 12.1 Å². The van der Waals surface area contributed by atoms with E-state index in [1.54, 1.807) is 12.1 Å². The summed E-state index contributed by atoms with van der Waals surface area (Å²) in [5.41, 5.74) is 12.1. The highest BCUT2D eigenvalue weighted by Gasteiger charge is 2.05. The smallest absolute Gasteiger partial charge is 0.239 e. The summed E-state index contributed by atoms with van der Waals surface area (Å²) < 4.78 is 1.39. The molecule has 0 saturated heterocycles. The number of rotatable bonds is 3. The predicted octanol–water partition coefficient (Wildman–Crippen LogP) is 0.0126. The van der Waals surface area contributed by atoms with Gasteiger partial charge in [-0.2, -0.15) is 5.10 Å². The van der Waals surface area contributed by atoms with Crippen LogP contribution >= 0.6 is 0 Å². The number of hydrogen-bond donors (Lipinski definition) is 2. The largest absolute Gasteiger partial charge is 0.399 e. The van der Waals surface area contributed by atoms with E-state index in [1.807, 2.05) is 12.1 Å². The third-order valence-electron chi connectivity index (χ3n) is 2.00. The molecule has 0 atom stereocenters. The van der Waals surface area contributed by atoms with Crippen LogP contribution in [0.3, 0.4) is 0 Å². The van der Waals surface area contributed by atoms with E-state index in [-0.39, 0.29) is 6.54 Å². The van der Waals surface area contributed by atoms with E-state index in [0.29, 0.717) is 11.5 Å². The van der Waals surface area contributed by atoms with E-state index in [1.165, 1.54) is 11.0 Å². The molecular weight excluding hydrogens is 206 g/mol. The van der Waals surface area contributed by atoms with E-state index in [9.17, 15) is 4.79 Å². The quantitative estimate of drug-likeness (QED) is 0.707. The molecule has 6 nitrogen and oxygen atoms in total. The average molecular weight is 217 g/mol. The van der Waals surface area contributed by atoms with Crippen molar-refractivity contribution in [1.82, 2.24) is 14.8 Å². The summed E-state index contributed by atoms with van der Waals surface area (Å²) in [7, 11) is 0. The fraction of sp³-hybridized carbons (Fsp3) is 0.100. The topological polar surface area (TPSA) is 99.8 Å². The number of anilines is 1. The van der Waals surface area contributed by atoms with Crippen molar-refractivity contribution >= 4 is 11.6 Å². The lowest BCUT2D eigenvalue weighted by atomic mass is 10.2. The first-order chi connectivity index (χ1) is 7.65. The molecule has 4 N–H and O–H groups in total. The number of nitrogen functional groups attached to an aromatic ring is 1. The van der Waals surface area contributed by atoms with E-state index in [2.05, 4.69) is 10.1 Å². The van der Waals surface area contributed by atoms with Crippen molar-refractivity contribution in [3.63, 3.8) is 0 Å². The molecule has 0 bridgehead atoms. The molecule has 1 aromatic carbocycles. The van der Waals surface area contributed by atoms with E-state index >= 15 is 0 Å². The fourth-order valence-electron chi connectivity index (χ4n) is 1.34. The lowest BCUT2D eigenvalue weighted by molar-refractivity contribution is -0.118. The Morgan fingerprint density at radius 1 is 1.44 bits per heavy atom. The number of nitrogens with zero attached hydrogens (tertiary/aromatic N) is 3. The maximum atomic E-state index is 10.7. The van der Waals surface area contributed by atoms with E-state index in [4.69, 9.17) is 11.5 Å². The van der Waals surface area contributed by atoms with Crippen molar-refractivity contribution in [2.75, 3.05) is 5.73 Å². The van der Waals surface area contributed by atoms with Crippen molar-refractivity contribution in [3.05, 3.63) is 30.6 Å². The second-order valence-electron chi connectivity index (χ2n) is 3.36. The first kappa shape index (κ1) is 10.2. The van der Waals surface area contributed by atoms with Crippen LogP contribution in [0.4, 0.5) is 5.69 Å². The van der Waals surface area contributed by atoms with Crippen molar-refractivity contribution in [3.8, 4) is 11.4 Å². The number of nitrogens with two attached hydrogens (primary N) is 2. The Morgan fingerprint density at radius 2 is 2.25 bits per heavy atom. The van der Waals surface area contributed by atoms with Crippen molar-refractivity contribution < 1.29 is 4.79 Å². The summed E-state index contributed by atoms with van der Waals surface area (Å²) in [6, 6.07) is 7.22. The number of hydrogen-bond acceptors (Lipinski definition) is 4. The third kappa shape index (κ3) is 2.17. The molecule has 2 aromatic rings. The molecule has 6 heteroatoms. The molecule has 82 valence electrons. The molecule has 0 saturated carbocycles. The second-order valence-corrected chi connectivity index (χ2v) is 3.36. The number of carbonyl (C=O) groups is 1. The van der Waals surface area contributed by atoms with Gasteiger partial charge in [0.15, 0.2) is 5.82 Å². The molecule has 0 radical (unpaired) electrons. The Hall–Kier alpha value is -2.37.